The molecule has 0 aliphatic rings. The van der Waals surface area contributed by atoms with E-state index in [0.29, 0.717) is 28.1 Å². The Bertz CT molecular complexity index is 1270. The number of carboxylic acids is 1. The molecule has 0 amide bonds. The third-order valence-corrected chi connectivity index (χ3v) is 5.68. The standard InChI is InChI=1S/C23H19NO5S/c1-16-14-17(11-13-21(16)23(25)26)10-12-18-6-3-4-9-22(18)24-30(27,28)20-8-5-7-19(15-20)29-2/h3-9,11,13-15,24H,1-2H3,(H,25,26). The second-order valence-electron chi connectivity index (χ2n) is 6.41. The molecule has 2 N–H and O–H groups in total. The van der Waals surface area contributed by atoms with Crippen molar-refractivity contribution in [1.82, 2.24) is 0 Å². The van der Waals surface area contributed by atoms with Crippen LogP contribution in [-0.2, 0) is 10.0 Å². The number of rotatable bonds is 5. The van der Waals surface area contributed by atoms with Crippen molar-refractivity contribution in [2.45, 2.75) is 11.8 Å². The van der Waals surface area contributed by atoms with E-state index in [1.807, 2.05) is 0 Å². The number of methoxy groups -OCH3 is 1. The number of nitrogens with one attached hydrogen (secondary N) is 1. The molecule has 0 saturated carbocycles. The molecular weight excluding hydrogens is 402 g/mol. The van der Waals surface area contributed by atoms with Crippen LogP contribution < -0.4 is 9.46 Å². The SMILES string of the molecule is COc1cccc(S(=O)(=O)Nc2ccccc2C#Cc2ccc(C(=O)O)c(C)c2)c1. The van der Waals surface area contributed by atoms with E-state index in [9.17, 15) is 13.2 Å². The third-order valence-electron chi connectivity index (χ3n) is 4.32. The second kappa shape index (κ2) is 8.72. The average Bonchev–Trinajstić information content (AvgIpc) is 2.72. The molecule has 0 saturated heterocycles. The first kappa shape index (κ1) is 21.0. The van der Waals surface area contributed by atoms with Crippen molar-refractivity contribution in [1.29, 1.82) is 0 Å². The van der Waals surface area contributed by atoms with E-state index in [-0.39, 0.29) is 10.5 Å². The van der Waals surface area contributed by atoms with E-state index in [1.54, 1.807) is 55.5 Å². The highest BCUT2D eigenvalue weighted by Crippen LogP contribution is 2.22. The number of sulfonamides is 1. The molecule has 0 bridgehead atoms. The summed E-state index contributed by atoms with van der Waals surface area (Å²) in [5.41, 5.74) is 2.27. The molecule has 0 aromatic heterocycles. The van der Waals surface area contributed by atoms with E-state index < -0.39 is 16.0 Å². The predicted octanol–water partition coefficient (Wildman–Crippen LogP) is 3.90. The Morgan fingerprint density at radius 3 is 2.47 bits per heavy atom. The van der Waals surface area contributed by atoms with Crippen molar-refractivity contribution in [3.05, 3.63) is 89.0 Å². The lowest BCUT2D eigenvalue weighted by Gasteiger charge is -2.10. The maximum atomic E-state index is 12.8. The summed E-state index contributed by atoms with van der Waals surface area (Å²) in [7, 11) is -2.37. The maximum Gasteiger partial charge on any atom is 0.335 e. The minimum atomic E-state index is -3.84. The molecule has 0 radical (unpaired) electrons. The van der Waals surface area contributed by atoms with Crippen LogP contribution in [0.1, 0.15) is 27.0 Å². The zero-order valence-electron chi connectivity index (χ0n) is 16.3. The summed E-state index contributed by atoms with van der Waals surface area (Å²) in [4.78, 5) is 11.2. The molecule has 0 fully saturated rings. The van der Waals surface area contributed by atoms with Crippen LogP contribution in [0.3, 0.4) is 0 Å². The molecule has 6 nitrogen and oxygen atoms in total. The van der Waals surface area contributed by atoms with Gasteiger partial charge in [0.1, 0.15) is 5.75 Å². The number of carbonyl (C=O) groups is 1. The van der Waals surface area contributed by atoms with Crippen LogP contribution in [0.25, 0.3) is 0 Å². The average molecular weight is 421 g/mol. The molecule has 3 aromatic rings. The zero-order valence-corrected chi connectivity index (χ0v) is 17.2. The highest BCUT2D eigenvalue weighted by Gasteiger charge is 2.16. The number of benzene rings is 3. The van der Waals surface area contributed by atoms with E-state index >= 15 is 0 Å². The van der Waals surface area contributed by atoms with Gasteiger partial charge in [0.2, 0.25) is 0 Å². The van der Waals surface area contributed by atoms with Crippen molar-refractivity contribution < 1.29 is 23.1 Å². The Balaban J connectivity index is 1.91. The minimum absolute atomic E-state index is 0.0736. The van der Waals surface area contributed by atoms with E-state index in [0.717, 1.165) is 0 Å². The topological polar surface area (TPSA) is 92.7 Å². The number of aromatic carboxylic acids is 1. The highest BCUT2D eigenvalue weighted by atomic mass is 32.2. The molecule has 0 aliphatic carbocycles. The van der Waals surface area contributed by atoms with Gasteiger partial charge in [0.05, 0.1) is 23.3 Å². The lowest BCUT2D eigenvalue weighted by atomic mass is 10.0. The molecule has 152 valence electrons. The normalized spacial score (nSPS) is 10.6. The van der Waals surface area contributed by atoms with Crippen molar-refractivity contribution in [2.75, 3.05) is 11.8 Å². The fourth-order valence-corrected chi connectivity index (χ4v) is 3.89. The number of para-hydroxylation sites is 1. The van der Waals surface area contributed by atoms with Crippen molar-refractivity contribution in [3.8, 4) is 17.6 Å². The number of carboxylic acid groups (broad SMARTS) is 1. The maximum absolute atomic E-state index is 12.8. The molecule has 30 heavy (non-hydrogen) atoms. The number of aryl methyl sites for hydroxylation is 1. The van der Waals surface area contributed by atoms with Crippen LogP contribution in [0.4, 0.5) is 5.69 Å². The molecule has 7 heteroatoms. The summed E-state index contributed by atoms with van der Waals surface area (Å²) in [5.74, 6) is 5.35. The van der Waals surface area contributed by atoms with Crippen LogP contribution in [0, 0.1) is 18.8 Å². The van der Waals surface area contributed by atoms with Crippen LogP contribution in [0.15, 0.2) is 71.6 Å². The van der Waals surface area contributed by atoms with Gasteiger partial charge in [-0.2, -0.15) is 0 Å². The van der Waals surface area contributed by atoms with Gasteiger partial charge in [0.25, 0.3) is 10.0 Å². The first-order chi connectivity index (χ1) is 14.3. The van der Waals surface area contributed by atoms with Gasteiger partial charge in [-0.1, -0.05) is 30.0 Å². The van der Waals surface area contributed by atoms with Crippen LogP contribution in [-0.4, -0.2) is 26.6 Å². The van der Waals surface area contributed by atoms with Crippen molar-refractivity contribution >= 4 is 21.7 Å². The molecule has 0 aliphatic heterocycles. The van der Waals surface area contributed by atoms with Gasteiger partial charge in [0.15, 0.2) is 0 Å². The minimum Gasteiger partial charge on any atom is -0.497 e. The number of ether oxygens (including phenoxy) is 1. The summed E-state index contributed by atoms with van der Waals surface area (Å²) in [6.45, 7) is 1.70. The Morgan fingerprint density at radius 1 is 1.00 bits per heavy atom. The Kier molecular flexibility index (Phi) is 6.09. The van der Waals surface area contributed by atoms with Gasteiger partial charge in [-0.15, -0.1) is 0 Å². The smallest absolute Gasteiger partial charge is 0.335 e. The highest BCUT2D eigenvalue weighted by molar-refractivity contribution is 7.92. The zero-order chi connectivity index (χ0) is 21.7. The summed E-state index contributed by atoms with van der Waals surface area (Å²) >= 11 is 0. The number of hydrogen-bond acceptors (Lipinski definition) is 4. The lowest BCUT2D eigenvalue weighted by Crippen LogP contribution is -2.13. The third kappa shape index (κ3) is 4.80. The fourth-order valence-electron chi connectivity index (χ4n) is 2.77. The number of anilines is 1. The molecule has 0 unspecified atom stereocenters. The Labute approximate surface area is 175 Å². The fraction of sp³-hybridized carbons (Fsp3) is 0.0870. The van der Waals surface area contributed by atoms with Crippen LogP contribution in [0.2, 0.25) is 0 Å². The molecule has 3 rings (SSSR count). The number of hydrogen-bond donors (Lipinski definition) is 2. The van der Waals surface area contributed by atoms with Gasteiger partial charge >= 0.3 is 5.97 Å². The van der Waals surface area contributed by atoms with Gasteiger partial charge in [-0.3, -0.25) is 4.72 Å². The first-order valence-electron chi connectivity index (χ1n) is 8.92. The molecule has 0 atom stereocenters. The summed E-state index contributed by atoms with van der Waals surface area (Å²) < 4.78 is 33.2. The Hall–Kier alpha value is -3.76. The van der Waals surface area contributed by atoms with Gasteiger partial charge in [0, 0.05) is 17.2 Å². The summed E-state index contributed by atoms with van der Waals surface area (Å²) in [5, 5.41) is 9.13. The molecular formula is C23H19NO5S. The quantitative estimate of drug-likeness (QED) is 0.610. The van der Waals surface area contributed by atoms with Crippen molar-refractivity contribution in [3.63, 3.8) is 0 Å². The van der Waals surface area contributed by atoms with E-state index in [1.165, 1.54) is 25.3 Å². The van der Waals surface area contributed by atoms with E-state index in [4.69, 9.17) is 9.84 Å². The van der Waals surface area contributed by atoms with Gasteiger partial charge in [-0.05, 0) is 55.0 Å². The molecule has 0 spiro atoms. The van der Waals surface area contributed by atoms with Crippen molar-refractivity contribution in [2.24, 2.45) is 0 Å². The predicted molar refractivity (Wildman–Crippen MR) is 114 cm³/mol. The lowest BCUT2D eigenvalue weighted by molar-refractivity contribution is 0.0696. The Morgan fingerprint density at radius 2 is 1.77 bits per heavy atom. The van der Waals surface area contributed by atoms with Gasteiger partial charge < -0.3 is 9.84 Å². The summed E-state index contributed by atoms with van der Waals surface area (Å²) in [6, 6.07) is 17.8. The van der Waals surface area contributed by atoms with Gasteiger partial charge in [-0.25, -0.2) is 13.2 Å². The first-order valence-corrected chi connectivity index (χ1v) is 10.4. The second-order valence-corrected chi connectivity index (χ2v) is 8.10. The van der Waals surface area contributed by atoms with E-state index in [2.05, 4.69) is 16.6 Å². The molecule has 3 aromatic carbocycles. The molecule has 0 heterocycles. The van der Waals surface area contributed by atoms with Crippen LogP contribution in [0.5, 0.6) is 5.75 Å². The van der Waals surface area contributed by atoms with Crippen LogP contribution >= 0.6 is 0 Å². The summed E-state index contributed by atoms with van der Waals surface area (Å²) in [6.07, 6.45) is 0. The monoisotopic (exact) mass is 421 g/mol. The largest absolute Gasteiger partial charge is 0.497 e.